The van der Waals surface area contributed by atoms with Gasteiger partial charge in [0.25, 0.3) is 0 Å². The van der Waals surface area contributed by atoms with Crippen LogP contribution in [0.25, 0.3) is 11.1 Å². The third-order valence-electron chi connectivity index (χ3n) is 4.63. The van der Waals surface area contributed by atoms with E-state index in [1.165, 1.54) is 0 Å². The van der Waals surface area contributed by atoms with Gasteiger partial charge >= 0.3 is 6.16 Å². The number of benzene rings is 2. The minimum absolute atomic E-state index is 0.104. The lowest BCUT2D eigenvalue weighted by Gasteiger charge is -2.19. The summed E-state index contributed by atoms with van der Waals surface area (Å²) in [4.78, 5) is 12.0. The van der Waals surface area contributed by atoms with Crippen LogP contribution in [0.2, 0.25) is 0 Å². The molecular formula is C19H16O5. The molecular weight excluding hydrogens is 308 g/mol. The Kier molecular flexibility index (Phi) is 3.11. The summed E-state index contributed by atoms with van der Waals surface area (Å²) in [6.07, 6.45) is -0.318. The van der Waals surface area contributed by atoms with Crippen LogP contribution < -0.4 is 4.74 Å². The molecule has 2 bridgehead atoms. The molecule has 0 amide bonds. The zero-order chi connectivity index (χ0) is 16.1. The van der Waals surface area contributed by atoms with Gasteiger partial charge in [-0.2, -0.15) is 0 Å². The summed E-state index contributed by atoms with van der Waals surface area (Å²) in [5.74, 6) is 0.563. The minimum Gasteiger partial charge on any atom is -0.423 e. The standard InChI is InChI=1S/C19H16O5/c20-19-23-15-7-6-13(11-4-2-1-3-5-11)17(14(15)8-12-9-21-12)18(24-19)16-10-22-16/h1-7,12,16,18H,8-10H2. The molecule has 5 rings (SSSR count). The monoisotopic (exact) mass is 324 g/mol. The number of ether oxygens (including phenoxy) is 4. The van der Waals surface area contributed by atoms with Crippen LogP contribution in [0.3, 0.4) is 0 Å². The molecule has 2 aromatic rings. The topological polar surface area (TPSA) is 60.6 Å². The number of cyclic esters (lactones) is 1. The third kappa shape index (κ3) is 2.46. The summed E-state index contributed by atoms with van der Waals surface area (Å²) >= 11 is 0. The normalized spacial score (nSPS) is 27.0. The molecule has 122 valence electrons. The average molecular weight is 324 g/mol. The number of carbonyl (C=O) groups excluding carboxylic acids is 1. The van der Waals surface area contributed by atoms with Crippen molar-refractivity contribution >= 4 is 6.16 Å². The van der Waals surface area contributed by atoms with Gasteiger partial charge in [0.2, 0.25) is 0 Å². The van der Waals surface area contributed by atoms with Crippen LogP contribution >= 0.6 is 0 Å². The number of hydrogen-bond acceptors (Lipinski definition) is 5. The molecule has 3 unspecified atom stereocenters. The zero-order valence-corrected chi connectivity index (χ0v) is 12.9. The molecule has 0 N–H and O–H groups in total. The van der Waals surface area contributed by atoms with E-state index in [4.69, 9.17) is 18.9 Å². The van der Waals surface area contributed by atoms with Crippen molar-refractivity contribution in [2.75, 3.05) is 13.2 Å². The number of rotatable bonds is 4. The highest BCUT2D eigenvalue weighted by molar-refractivity contribution is 5.76. The lowest BCUT2D eigenvalue weighted by atomic mass is 9.88. The van der Waals surface area contributed by atoms with Crippen LogP contribution in [0.5, 0.6) is 5.75 Å². The van der Waals surface area contributed by atoms with Crippen molar-refractivity contribution in [1.29, 1.82) is 0 Å². The second-order valence-corrected chi connectivity index (χ2v) is 6.29. The first kappa shape index (κ1) is 14.0. The summed E-state index contributed by atoms with van der Waals surface area (Å²) in [6, 6.07) is 13.9. The maximum atomic E-state index is 12.0. The fraction of sp³-hybridized carbons (Fsp3) is 0.316. The summed E-state index contributed by atoms with van der Waals surface area (Å²) in [5, 5.41) is 0. The van der Waals surface area contributed by atoms with E-state index in [2.05, 4.69) is 12.1 Å². The number of epoxide rings is 2. The Labute approximate surface area is 139 Å². The predicted molar refractivity (Wildman–Crippen MR) is 84.9 cm³/mol. The first-order valence-corrected chi connectivity index (χ1v) is 8.12. The van der Waals surface area contributed by atoms with E-state index >= 15 is 0 Å². The maximum Gasteiger partial charge on any atom is 0.514 e. The van der Waals surface area contributed by atoms with E-state index in [-0.39, 0.29) is 12.2 Å². The Balaban J connectivity index is 1.71. The van der Waals surface area contributed by atoms with Gasteiger partial charge < -0.3 is 18.9 Å². The highest BCUT2D eigenvalue weighted by Crippen LogP contribution is 2.45. The van der Waals surface area contributed by atoms with Gasteiger partial charge in [-0.3, -0.25) is 0 Å². The van der Waals surface area contributed by atoms with Gasteiger partial charge in [0.05, 0.1) is 19.3 Å². The molecule has 5 heteroatoms. The second-order valence-electron chi connectivity index (χ2n) is 6.29. The van der Waals surface area contributed by atoms with E-state index in [0.29, 0.717) is 18.8 Å². The molecule has 2 aromatic carbocycles. The smallest absolute Gasteiger partial charge is 0.423 e. The largest absolute Gasteiger partial charge is 0.514 e. The minimum atomic E-state index is -0.673. The number of fused-ring (bicyclic) bond motifs is 2. The Morgan fingerprint density at radius 1 is 1.00 bits per heavy atom. The third-order valence-corrected chi connectivity index (χ3v) is 4.63. The molecule has 0 aliphatic carbocycles. The molecule has 5 nitrogen and oxygen atoms in total. The summed E-state index contributed by atoms with van der Waals surface area (Å²) in [7, 11) is 0. The quantitative estimate of drug-likeness (QED) is 0.491. The van der Waals surface area contributed by atoms with E-state index in [0.717, 1.165) is 28.9 Å². The zero-order valence-electron chi connectivity index (χ0n) is 12.9. The molecule has 24 heavy (non-hydrogen) atoms. The molecule has 2 saturated heterocycles. The highest BCUT2D eigenvalue weighted by atomic mass is 16.7. The summed E-state index contributed by atoms with van der Waals surface area (Å²) in [6.45, 7) is 1.34. The van der Waals surface area contributed by atoms with Crippen LogP contribution in [0.15, 0.2) is 42.5 Å². The van der Waals surface area contributed by atoms with Crippen molar-refractivity contribution in [2.45, 2.75) is 24.7 Å². The van der Waals surface area contributed by atoms with Crippen molar-refractivity contribution in [3.63, 3.8) is 0 Å². The molecule has 0 saturated carbocycles. The Bertz CT molecular complexity index is 793. The van der Waals surface area contributed by atoms with Gasteiger partial charge in [-0.25, -0.2) is 4.79 Å². The highest BCUT2D eigenvalue weighted by Gasteiger charge is 2.43. The molecule has 3 aliphatic heterocycles. The van der Waals surface area contributed by atoms with Gasteiger partial charge in [-0.05, 0) is 17.2 Å². The lowest BCUT2D eigenvalue weighted by Crippen LogP contribution is -2.17. The van der Waals surface area contributed by atoms with E-state index in [9.17, 15) is 4.79 Å². The fourth-order valence-corrected chi connectivity index (χ4v) is 3.33. The van der Waals surface area contributed by atoms with Crippen molar-refractivity contribution in [1.82, 2.24) is 0 Å². The average Bonchev–Trinajstić information content (AvgIpc) is 3.48. The van der Waals surface area contributed by atoms with Gasteiger partial charge in [-0.15, -0.1) is 0 Å². The number of carbonyl (C=O) groups is 1. The van der Waals surface area contributed by atoms with Gasteiger partial charge in [0, 0.05) is 17.5 Å². The molecule has 2 fully saturated rings. The summed E-state index contributed by atoms with van der Waals surface area (Å²) < 4.78 is 21.8. The Morgan fingerprint density at radius 2 is 1.79 bits per heavy atom. The number of hydrogen-bond donors (Lipinski definition) is 0. The van der Waals surface area contributed by atoms with E-state index in [1.807, 2.05) is 30.3 Å². The molecule has 3 atom stereocenters. The Hall–Kier alpha value is -2.37. The van der Waals surface area contributed by atoms with Crippen molar-refractivity contribution in [3.8, 4) is 16.9 Å². The first-order chi connectivity index (χ1) is 11.8. The van der Waals surface area contributed by atoms with Gasteiger partial charge in [-0.1, -0.05) is 36.4 Å². The molecule has 0 aromatic heterocycles. The molecule has 3 aliphatic rings. The van der Waals surface area contributed by atoms with Gasteiger partial charge in [0.1, 0.15) is 11.9 Å². The van der Waals surface area contributed by atoms with Crippen LogP contribution in [-0.2, 0) is 20.6 Å². The van der Waals surface area contributed by atoms with Crippen LogP contribution in [0, 0.1) is 0 Å². The lowest BCUT2D eigenvalue weighted by molar-refractivity contribution is 0.0488. The van der Waals surface area contributed by atoms with Crippen LogP contribution in [0.1, 0.15) is 17.2 Å². The van der Waals surface area contributed by atoms with Gasteiger partial charge in [0.15, 0.2) is 6.10 Å². The van der Waals surface area contributed by atoms with Crippen molar-refractivity contribution in [3.05, 3.63) is 53.6 Å². The fourth-order valence-electron chi connectivity index (χ4n) is 3.33. The molecule has 0 radical (unpaired) electrons. The van der Waals surface area contributed by atoms with Crippen molar-refractivity contribution in [2.24, 2.45) is 0 Å². The van der Waals surface area contributed by atoms with Crippen LogP contribution in [0.4, 0.5) is 4.79 Å². The van der Waals surface area contributed by atoms with Crippen molar-refractivity contribution < 1.29 is 23.7 Å². The summed E-state index contributed by atoms with van der Waals surface area (Å²) in [5.41, 5.74) is 4.11. The van der Waals surface area contributed by atoms with Crippen LogP contribution in [-0.4, -0.2) is 31.6 Å². The first-order valence-electron chi connectivity index (χ1n) is 8.12. The second kappa shape index (κ2) is 5.33. The SMILES string of the molecule is O=C1Oc2ccc(-c3ccccc3)c(c2CC2CO2)C(C2CO2)O1. The predicted octanol–water partition coefficient (Wildman–Crippen LogP) is 3.26. The molecule has 0 spiro atoms. The van der Waals surface area contributed by atoms with E-state index in [1.54, 1.807) is 0 Å². The molecule has 3 heterocycles. The Morgan fingerprint density at radius 3 is 2.50 bits per heavy atom. The maximum absolute atomic E-state index is 12.0. The van der Waals surface area contributed by atoms with E-state index < -0.39 is 12.3 Å².